The van der Waals surface area contributed by atoms with Crippen LogP contribution in [0.4, 0.5) is 0 Å². The number of nitrogens with one attached hydrogen (secondary N) is 1. The van der Waals surface area contributed by atoms with E-state index in [1.54, 1.807) is 50.8 Å². The molecular weight excluding hydrogens is 592 g/mol. The molecule has 0 saturated heterocycles. The average molecular weight is 633 g/mol. The Kier molecular flexibility index (Phi) is 9.24. The molecule has 0 spiro atoms. The van der Waals surface area contributed by atoms with Gasteiger partial charge in [-0.25, -0.2) is 9.97 Å². The molecule has 0 amide bonds. The van der Waals surface area contributed by atoms with E-state index < -0.39 is 12.2 Å². The lowest BCUT2D eigenvalue weighted by Gasteiger charge is -2.14. The molecular formula is C37H40N6O4. The van der Waals surface area contributed by atoms with E-state index in [1.165, 1.54) is 0 Å². The van der Waals surface area contributed by atoms with Crippen LogP contribution in [-0.4, -0.2) is 61.9 Å². The number of aromatic amines is 1. The van der Waals surface area contributed by atoms with Crippen molar-refractivity contribution in [2.45, 2.75) is 65.3 Å². The fraction of sp³-hybridized carbons (Fsp3) is 0.270. The average Bonchev–Trinajstić information content (AvgIpc) is 3.72. The van der Waals surface area contributed by atoms with Crippen LogP contribution in [0.15, 0.2) is 85.6 Å². The van der Waals surface area contributed by atoms with E-state index in [9.17, 15) is 20.4 Å². The molecule has 0 aliphatic heterocycles. The van der Waals surface area contributed by atoms with E-state index >= 15 is 0 Å². The molecule has 2 atom stereocenters. The predicted octanol–water partition coefficient (Wildman–Crippen LogP) is 5.39. The third-order valence-corrected chi connectivity index (χ3v) is 8.27. The van der Waals surface area contributed by atoms with Crippen molar-refractivity contribution in [2.75, 3.05) is 0 Å². The SMILES string of the molecule is Cc1n[nH]cc1-c1ncn(Cc2cc(O)cc(-c3cccc(Cc4ncn(Cc5cccc(O)c5)c4CC(C)O)c3)c2)c1CC(C)O. The number of hydrogen-bond donors (Lipinski definition) is 5. The smallest absolute Gasteiger partial charge is 0.116 e. The van der Waals surface area contributed by atoms with Crippen molar-refractivity contribution < 1.29 is 20.4 Å². The second kappa shape index (κ2) is 13.7. The number of phenolic OH excluding ortho intramolecular Hbond substituents is 2. The van der Waals surface area contributed by atoms with Gasteiger partial charge < -0.3 is 29.6 Å². The molecule has 10 heteroatoms. The number of benzene rings is 3. The third kappa shape index (κ3) is 7.45. The normalized spacial score (nSPS) is 12.8. The molecule has 3 aromatic heterocycles. The number of aromatic nitrogens is 6. The summed E-state index contributed by atoms with van der Waals surface area (Å²) in [4.78, 5) is 9.40. The molecule has 0 saturated carbocycles. The summed E-state index contributed by atoms with van der Waals surface area (Å²) < 4.78 is 4.05. The summed E-state index contributed by atoms with van der Waals surface area (Å²) in [5.41, 5.74) is 9.98. The van der Waals surface area contributed by atoms with E-state index in [2.05, 4.69) is 33.4 Å². The molecule has 242 valence electrons. The molecule has 0 radical (unpaired) electrons. The Balaban J connectivity index is 1.27. The maximum absolute atomic E-state index is 10.8. The molecule has 0 bridgehead atoms. The lowest BCUT2D eigenvalue weighted by molar-refractivity contribution is 0.192. The Bertz CT molecular complexity index is 1990. The molecule has 0 aliphatic carbocycles. The standard InChI is InChI=1S/C37H40N6O4/c1-23(44)10-35-34(38-21-42(35)19-27-7-5-9-31(46)14-27)16-26-6-4-8-29(12-26)30-13-28(15-32(47)17-30)20-43-22-39-37(36(43)11-24(2)45)33-18-40-41-25(33)3/h4-9,12-15,17-18,21-24,44-47H,10-11,16,19-20H2,1-3H3,(H,40,41). The Morgan fingerprint density at radius 2 is 1.38 bits per heavy atom. The lowest BCUT2D eigenvalue weighted by Crippen LogP contribution is -2.13. The van der Waals surface area contributed by atoms with Gasteiger partial charge in [-0.15, -0.1) is 0 Å². The van der Waals surface area contributed by atoms with Crippen molar-refractivity contribution in [2.24, 2.45) is 0 Å². The van der Waals surface area contributed by atoms with Crippen molar-refractivity contribution in [3.63, 3.8) is 0 Å². The van der Waals surface area contributed by atoms with Crippen LogP contribution < -0.4 is 0 Å². The maximum Gasteiger partial charge on any atom is 0.116 e. The monoisotopic (exact) mass is 632 g/mol. The van der Waals surface area contributed by atoms with Crippen LogP contribution in [0.2, 0.25) is 0 Å². The number of rotatable bonds is 12. The van der Waals surface area contributed by atoms with Gasteiger partial charge in [0.2, 0.25) is 0 Å². The molecule has 3 aromatic carbocycles. The summed E-state index contributed by atoms with van der Waals surface area (Å²) in [6.07, 6.45) is 5.74. The molecule has 5 N–H and O–H groups in total. The summed E-state index contributed by atoms with van der Waals surface area (Å²) in [5, 5.41) is 48.4. The molecule has 10 nitrogen and oxygen atoms in total. The van der Waals surface area contributed by atoms with Gasteiger partial charge in [-0.3, -0.25) is 5.10 Å². The topological polar surface area (TPSA) is 145 Å². The molecule has 47 heavy (non-hydrogen) atoms. The number of nitrogens with zero attached hydrogens (tertiary/aromatic N) is 5. The minimum atomic E-state index is -0.557. The zero-order valence-corrected chi connectivity index (χ0v) is 26.8. The Morgan fingerprint density at radius 1 is 0.723 bits per heavy atom. The van der Waals surface area contributed by atoms with E-state index in [4.69, 9.17) is 4.98 Å². The first-order valence-corrected chi connectivity index (χ1v) is 15.8. The number of aryl methyl sites for hydroxylation is 1. The van der Waals surface area contributed by atoms with Gasteiger partial charge >= 0.3 is 0 Å². The summed E-state index contributed by atoms with van der Waals surface area (Å²) in [6, 6.07) is 20.9. The van der Waals surface area contributed by atoms with Gasteiger partial charge in [0.25, 0.3) is 0 Å². The first kappa shape index (κ1) is 31.8. The lowest BCUT2D eigenvalue weighted by atomic mass is 9.98. The largest absolute Gasteiger partial charge is 0.508 e. The number of aromatic hydroxyl groups is 2. The van der Waals surface area contributed by atoms with Crippen molar-refractivity contribution in [1.29, 1.82) is 0 Å². The molecule has 6 rings (SSSR count). The van der Waals surface area contributed by atoms with E-state index in [0.717, 1.165) is 61.9 Å². The summed E-state index contributed by atoms with van der Waals surface area (Å²) in [5.74, 6) is 0.377. The fourth-order valence-electron chi connectivity index (χ4n) is 6.14. The second-order valence-corrected chi connectivity index (χ2v) is 12.4. The highest BCUT2D eigenvalue weighted by Crippen LogP contribution is 2.30. The van der Waals surface area contributed by atoms with Crippen molar-refractivity contribution in [1.82, 2.24) is 29.3 Å². The van der Waals surface area contributed by atoms with Crippen molar-refractivity contribution in [3.05, 3.63) is 125 Å². The highest BCUT2D eigenvalue weighted by molar-refractivity contribution is 5.67. The first-order chi connectivity index (χ1) is 22.6. The molecule has 3 heterocycles. The first-order valence-electron chi connectivity index (χ1n) is 15.8. The van der Waals surface area contributed by atoms with Gasteiger partial charge in [0.15, 0.2) is 0 Å². The van der Waals surface area contributed by atoms with Crippen LogP contribution in [0, 0.1) is 6.92 Å². The number of phenols is 2. The molecule has 0 aliphatic rings. The summed E-state index contributed by atoms with van der Waals surface area (Å²) >= 11 is 0. The number of imidazole rings is 2. The zero-order valence-electron chi connectivity index (χ0n) is 26.8. The zero-order chi connectivity index (χ0) is 33.1. The van der Waals surface area contributed by atoms with Crippen LogP contribution >= 0.6 is 0 Å². The van der Waals surface area contributed by atoms with Crippen LogP contribution in [0.5, 0.6) is 11.5 Å². The van der Waals surface area contributed by atoms with Gasteiger partial charge in [0, 0.05) is 55.5 Å². The van der Waals surface area contributed by atoms with E-state index in [0.29, 0.717) is 32.4 Å². The van der Waals surface area contributed by atoms with E-state index in [-0.39, 0.29) is 11.5 Å². The minimum absolute atomic E-state index is 0.163. The quantitative estimate of drug-likeness (QED) is 0.122. The number of hydrogen-bond acceptors (Lipinski definition) is 7. The minimum Gasteiger partial charge on any atom is -0.508 e. The third-order valence-electron chi connectivity index (χ3n) is 8.27. The Labute approximate surface area is 273 Å². The van der Waals surface area contributed by atoms with Crippen LogP contribution in [0.1, 0.15) is 53.3 Å². The summed E-state index contributed by atoms with van der Waals surface area (Å²) in [6.45, 7) is 6.45. The second-order valence-electron chi connectivity index (χ2n) is 12.4. The van der Waals surface area contributed by atoms with Gasteiger partial charge in [-0.1, -0.05) is 36.4 Å². The molecule has 0 fully saturated rings. The van der Waals surface area contributed by atoms with Crippen LogP contribution in [0.3, 0.4) is 0 Å². The number of aliphatic hydroxyl groups is 2. The number of H-pyrrole nitrogens is 1. The Morgan fingerprint density at radius 3 is 2.13 bits per heavy atom. The van der Waals surface area contributed by atoms with E-state index in [1.807, 2.05) is 46.5 Å². The van der Waals surface area contributed by atoms with Gasteiger partial charge in [0.05, 0.1) is 41.9 Å². The fourth-order valence-corrected chi connectivity index (χ4v) is 6.14. The van der Waals surface area contributed by atoms with Gasteiger partial charge in [0.1, 0.15) is 11.5 Å². The number of aliphatic hydroxyl groups excluding tert-OH is 2. The molecule has 6 aromatic rings. The van der Waals surface area contributed by atoms with Crippen molar-refractivity contribution in [3.8, 4) is 33.9 Å². The summed E-state index contributed by atoms with van der Waals surface area (Å²) in [7, 11) is 0. The Hall–Kier alpha value is -5.19. The highest BCUT2D eigenvalue weighted by atomic mass is 16.3. The highest BCUT2D eigenvalue weighted by Gasteiger charge is 2.19. The predicted molar refractivity (Wildman–Crippen MR) is 180 cm³/mol. The van der Waals surface area contributed by atoms with Gasteiger partial charge in [-0.2, -0.15) is 5.10 Å². The van der Waals surface area contributed by atoms with Crippen LogP contribution in [0.25, 0.3) is 22.4 Å². The van der Waals surface area contributed by atoms with Crippen LogP contribution in [-0.2, 0) is 32.4 Å². The van der Waals surface area contributed by atoms with Gasteiger partial charge in [-0.05, 0) is 78.9 Å². The maximum atomic E-state index is 10.8. The van der Waals surface area contributed by atoms with Crippen molar-refractivity contribution >= 4 is 0 Å². The molecule has 2 unspecified atom stereocenters.